The second kappa shape index (κ2) is 9.47. The smallest absolute Gasteiger partial charge is 0.00183 e. The SMILES string of the molecule is CCCN(CCC)CCCCN(C)C. The molecule has 86 valence electrons. The summed E-state index contributed by atoms with van der Waals surface area (Å²) in [6.45, 7) is 9.60. The van der Waals surface area contributed by atoms with Crippen molar-refractivity contribution in [3.8, 4) is 0 Å². The van der Waals surface area contributed by atoms with E-state index in [0.717, 1.165) is 0 Å². The average Bonchev–Trinajstić information content (AvgIpc) is 2.12. The fourth-order valence-electron chi connectivity index (χ4n) is 1.73. The number of nitrogens with zero attached hydrogens (tertiary/aromatic N) is 2. The number of rotatable bonds is 9. The quantitative estimate of drug-likeness (QED) is 0.528. The Morgan fingerprint density at radius 2 is 1.21 bits per heavy atom. The Bertz CT molecular complexity index is 107. The first-order valence-electron chi connectivity index (χ1n) is 6.07. The maximum absolute atomic E-state index is 2.59. The summed E-state index contributed by atoms with van der Waals surface area (Å²) in [6.07, 6.45) is 5.25. The molecular formula is C12H28N2. The molecule has 0 saturated heterocycles. The van der Waals surface area contributed by atoms with Gasteiger partial charge >= 0.3 is 0 Å². The third kappa shape index (κ3) is 8.52. The van der Waals surface area contributed by atoms with Crippen molar-refractivity contribution in [3.63, 3.8) is 0 Å². The Hall–Kier alpha value is -0.0800. The third-order valence-corrected chi connectivity index (χ3v) is 2.41. The molecule has 0 rings (SSSR count). The maximum Gasteiger partial charge on any atom is -0.00183 e. The molecule has 0 spiro atoms. The van der Waals surface area contributed by atoms with E-state index in [1.165, 1.54) is 51.9 Å². The lowest BCUT2D eigenvalue weighted by atomic mass is 10.2. The maximum atomic E-state index is 2.59. The van der Waals surface area contributed by atoms with Crippen LogP contribution in [0.3, 0.4) is 0 Å². The summed E-state index contributed by atoms with van der Waals surface area (Å²) in [5.74, 6) is 0. The Kier molecular flexibility index (Phi) is 9.42. The van der Waals surface area contributed by atoms with E-state index in [9.17, 15) is 0 Å². The summed E-state index contributed by atoms with van der Waals surface area (Å²) in [5, 5.41) is 0. The van der Waals surface area contributed by atoms with Crippen LogP contribution in [0.4, 0.5) is 0 Å². The van der Waals surface area contributed by atoms with Gasteiger partial charge in [-0.1, -0.05) is 13.8 Å². The highest BCUT2D eigenvalue weighted by Gasteiger charge is 2.01. The average molecular weight is 200 g/mol. The van der Waals surface area contributed by atoms with Crippen LogP contribution < -0.4 is 0 Å². The summed E-state index contributed by atoms with van der Waals surface area (Å²) < 4.78 is 0. The topological polar surface area (TPSA) is 6.48 Å². The van der Waals surface area contributed by atoms with Crippen molar-refractivity contribution in [2.24, 2.45) is 0 Å². The normalized spacial score (nSPS) is 11.6. The molecule has 2 nitrogen and oxygen atoms in total. The largest absolute Gasteiger partial charge is 0.309 e. The minimum Gasteiger partial charge on any atom is -0.309 e. The summed E-state index contributed by atoms with van der Waals surface area (Å²) in [5.41, 5.74) is 0. The van der Waals surface area contributed by atoms with Crippen LogP contribution in [0.15, 0.2) is 0 Å². The number of hydrogen-bond acceptors (Lipinski definition) is 2. The van der Waals surface area contributed by atoms with Gasteiger partial charge in [0, 0.05) is 0 Å². The van der Waals surface area contributed by atoms with Crippen molar-refractivity contribution >= 4 is 0 Å². The minimum absolute atomic E-state index is 1.23. The molecule has 0 fully saturated rings. The molecule has 0 N–H and O–H groups in total. The first-order chi connectivity index (χ1) is 6.70. The highest BCUT2D eigenvalue weighted by Crippen LogP contribution is 1.99. The van der Waals surface area contributed by atoms with Crippen LogP contribution in [0.5, 0.6) is 0 Å². The minimum atomic E-state index is 1.23. The summed E-state index contributed by atoms with van der Waals surface area (Å²) in [4.78, 5) is 4.86. The molecular weight excluding hydrogens is 172 g/mol. The van der Waals surface area contributed by atoms with Gasteiger partial charge in [0.05, 0.1) is 0 Å². The van der Waals surface area contributed by atoms with Gasteiger partial charge in [-0.15, -0.1) is 0 Å². The molecule has 0 saturated carbocycles. The second-order valence-corrected chi connectivity index (χ2v) is 4.35. The molecule has 0 bridgehead atoms. The van der Waals surface area contributed by atoms with Gasteiger partial charge in [-0.2, -0.15) is 0 Å². The second-order valence-electron chi connectivity index (χ2n) is 4.35. The monoisotopic (exact) mass is 200 g/mol. The van der Waals surface area contributed by atoms with Gasteiger partial charge in [-0.05, 0) is 66.0 Å². The van der Waals surface area contributed by atoms with Crippen LogP contribution in [-0.2, 0) is 0 Å². The Labute approximate surface area is 90.3 Å². The predicted octanol–water partition coefficient (Wildman–Crippen LogP) is 2.45. The lowest BCUT2D eigenvalue weighted by Gasteiger charge is -2.21. The van der Waals surface area contributed by atoms with Gasteiger partial charge in [-0.25, -0.2) is 0 Å². The molecule has 0 unspecified atom stereocenters. The first kappa shape index (κ1) is 13.9. The molecule has 0 amide bonds. The summed E-state index contributed by atoms with van der Waals surface area (Å²) in [6, 6.07) is 0. The molecule has 0 aromatic carbocycles. The summed E-state index contributed by atoms with van der Waals surface area (Å²) >= 11 is 0. The van der Waals surface area contributed by atoms with Gasteiger partial charge in [0.2, 0.25) is 0 Å². The van der Waals surface area contributed by atoms with Crippen LogP contribution in [-0.4, -0.2) is 50.1 Å². The number of hydrogen-bond donors (Lipinski definition) is 0. The van der Waals surface area contributed by atoms with E-state index in [1.54, 1.807) is 0 Å². The lowest BCUT2D eigenvalue weighted by molar-refractivity contribution is 0.262. The molecule has 0 aromatic rings. The van der Waals surface area contributed by atoms with Crippen molar-refractivity contribution in [2.45, 2.75) is 39.5 Å². The van der Waals surface area contributed by atoms with E-state index in [0.29, 0.717) is 0 Å². The van der Waals surface area contributed by atoms with Gasteiger partial charge in [0.25, 0.3) is 0 Å². The molecule has 0 heterocycles. The first-order valence-corrected chi connectivity index (χ1v) is 6.07. The molecule has 0 aromatic heterocycles. The molecule has 0 aliphatic heterocycles. The Morgan fingerprint density at radius 1 is 0.714 bits per heavy atom. The van der Waals surface area contributed by atoms with Crippen molar-refractivity contribution in [1.29, 1.82) is 0 Å². The fraction of sp³-hybridized carbons (Fsp3) is 1.00. The molecule has 14 heavy (non-hydrogen) atoms. The Morgan fingerprint density at radius 3 is 1.64 bits per heavy atom. The van der Waals surface area contributed by atoms with Gasteiger partial charge < -0.3 is 9.80 Å². The molecule has 0 atom stereocenters. The van der Waals surface area contributed by atoms with E-state index in [2.05, 4.69) is 37.7 Å². The van der Waals surface area contributed by atoms with Crippen molar-refractivity contribution in [2.75, 3.05) is 40.3 Å². The van der Waals surface area contributed by atoms with Gasteiger partial charge in [0.15, 0.2) is 0 Å². The summed E-state index contributed by atoms with van der Waals surface area (Å²) in [7, 11) is 4.30. The van der Waals surface area contributed by atoms with Crippen LogP contribution in [0.2, 0.25) is 0 Å². The highest BCUT2D eigenvalue weighted by atomic mass is 15.1. The van der Waals surface area contributed by atoms with E-state index in [-0.39, 0.29) is 0 Å². The predicted molar refractivity (Wildman–Crippen MR) is 64.8 cm³/mol. The molecule has 0 aliphatic rings. The standard InChI is InChI=1S/C12H28N2/c1-5-9-14(10-6-2)12-8-7-11-13(3)4/h5-12H2,1-4H3. The van der Waals surface area contributed by atoms with E-state index >= 15 is 0 Å². The van der Waals surface area contributed by atoms with Crippen LogP contribution >= 0.6 is 0 Å². The van der Waals surface area contributed by atoms with Crippen molar-refractivity contribution in [1.82, 2.24) is 9.80 Å². The van der Waals surface area contributed by atoms with Gasteiger partial charge in [0.1, 0.15) is 0 Å². The van der Waals surface area contributed by atoms with Gasteiger partial charge in [-0.3, -0.25) is 0 Å². The van der Waals surface area contributed by atoms with Crippen molar-refractivity contribution in [3.05, 3.63) is 0 Å². The Balaban J connectivity index is 3.40. The lowest BCUT2D eigenvalue weighted by Crippen LogP contribution is -2.27. The zero-order valence-corrected chi connectivity index (χ0v) is 10.6. The zero-order chi connectivity index (χ0) is 10.8. The fourth-order valence-corrected chi connectivity index (χ4v) is 1.73. The van der Waals surface area contributed by atoms with Crippen LogP contribution in [0.1, 0.15) is 39.5 Å². The van der Waals surface area contributed by atoms with E-state index in [4.69, 9.17) is 0 Å². The molecule has 0 aliphatic carbocycles. The highest BCUT2D eigenvalue weighted by molar-refractivity contribution is 4.57. The zero-order valence-electron chi connectivity index (χ0n) is 10.6. The van der Waals surface area contributed by atoms with E-state index < -0.39 is 0 Å². The van der Waals surface area contributed by atoms with Crippen LogP contribution in [0.25, 0.3) is 0 Å². The number of unbranched alkanes of at least 4 members (excludes halogenated alkanes) is 1. The van der Waals surface area contributed by atoms with E-state index in [1.807, 2.05) is 0 Å². The molecule has 0 radical (unpaired) electrons. The van der Waals surface area contributed by atoms with Crippen molar-refractivity contribution < 1.29 is 0 Å². The molecule has 2 heteroatoms. The van der Waals surface area contributed by atoms with Crippen LogP contribution in [0, 0.1) is 0 Å². The third-order valence-electron chi connectivity index (χ3n) is 2.41.